The van der Waals surface area contributed by atoms with Gasteiger partial charge in [0.15, 0.2) is 0 Å². The van der Waals surface area contributed by atoms with Crippen LogP contribution < -0.4 is 10.1 Å². The number of anilines is 1. The molecule has 1 aliphatic rings. The zero-order chi connectivity index (χ0) is 18.1. The van der Waals surface area contributed by atoms with Gasteiger partial charge in [0.25, 0.3) is 0 Å². The number of para-hydroxylation sites is 1. The topological polar surface area (TPSA) is 70.2 Å². The van der Waals surface area contributed by atoms with Gasteiger partial charge in [-0.05, 0) is 44.0 Å². The third-order valence-electron chi connectivity index (χ3n) is 4.89. The standard InChI is InChI=1S/C20H22N4O2/c1-3-26-19-17(9-6-11-21-19)23-20(25)24-12-10-15-14-7-4-5-8-16(14)22-18(15)13(24)2/h4-9,11,13,22H,3,10,12H2,1-2H3,(H,23,25). The SMILES string of the molecule is CCOc1ncccc1NC(=O)N1CCc2c([nH]c3ccccc23)C1C. The number of carbonyl (C=O) groups excluding carboxylic acids is 1. The molecule has 1 atom stereocenters. The van der Waals surface area contributed by atoms with Crippen molar-refractivity contribution in [3.8, 4) is 5.88 Å². The first-order valence-corrected chi connectivity index (χ1v) is 8.94. The Morgan fingerprint density at radius 1 is 1.35 bits per heavy atom. The Morgan fingerprint density at radius 3 is 3.04 bits per heavy atom. The highest BCUT2D eigenvalue weighted by molar-refractivity contribution is 5.92. The van der Waals surface area contributed by atoms with Gasteiger partial charge in [-0.3, -0.25) is 0 Å². The van der Waals surface area contributed by atoms with Gasteiger partial charge >= 0.3 is 6.03 Å². The number of aromatic nitrogens is 2. The van der Waals surface area contributed by atoms with Crippen LogP contribution in [-0.2, 0) is 6.42 Å². The summed E-state index contributed by atoms with van der Waals surface area (Å²) in [7, 11) is 0. The normalized spacial score (nSPS) is 16.4. The van der Waals surface area contributed by atoms with Crippen molar-refractivity contribution in [3.63, 3.8) is 0 Å². The van der Waals surface area contributed by atoms with E-state index < -0.39 is 0 Å². The molecule has 3 aromatic rings. The van der Waals surface area contributed by atoms with Crippen molar-refractivity contribution in [1.82, 2.24) is 14.9 Å². The zero-order valence-electron chi connectivity index (χ0n) is 15.0. The molecule has 0 saturated heterocycles. The van der Waals surface area contributed by atoms with Crippen LogP contribution in [-0.4, -0.2) is 34.1 Å². The summed E-state index contributed by atoms with van der Waals surface area (Å²) < 4.78 is 5.50. The first-order chi connectivity index (χ1) is 12.7. The Morgan fingerprint density at radius 2 is 2.19 bits per heavy atom. The fourth-order valence-electron chi connectivity index (χ4n) is 3.63. The second kappa shape index (κ2) is 6.71. The van der Waals surface area contributed by atoms with E-state index in [4.69, 9.17) is 4.74 Å². The molecule has 6 nitrogen and oxygen atoms in total. The number of urea groups is 1. The van der Waals surface area contributed by atoms with E-state index in [1.807, 2.05) is 17.9 Å². The number of benzene rings is 1. The Bertz CT molecular complexity index is 950. The van der Waals surface area contributed by atoms with Gasteiger partial charge < -0.3 is 19.9 Å². The molecular formula is C20H22N4O2. The Hall–Kier alpha value is -3.02. The van der Waals surface area contributed by atoms with Crippen LogP contribution in [0.2, 0.25) is 0 Å². The predicted molar refractivity (Wildman–Crippen MR) is 102 cm³/mol. The van der Waals surface area contributed by atoms with Crippen LogP contribution in [0.25, 0.3) is 10.9 Å². The summed E-state index contributed by atoms with van der Waals surface area (Å²) in [5.41, 5.74) is 4.14. The van der Waals surface area contributed by atoms with Gasteiger partial charge in [0.2, 0.25) is 5.88 Å². The Balaban J connectivity index is 1.58. The maximum atomic E-state index is 12.9. The highest BCUT2D eigenvalue weighted by Gasteiger charge is 2.30. The lowest BCUT2D eigenvalue weighted by Crippen LogP contribution is -2.41. The van der Waals surface area contributed by atoms with E-state index in [1.54, 1.807) is 18.3 Å². The molecule has 0 spiro atoms. The summed E-state index contributed by atoms with van der Waals surface area (Å²) in [5, 5.41) is 4.20. The molecule has 1 aliphatic heterocycles. The van der Waals surface area contributed by atoms with Gasteiger partial charge in [0, 0.05) is 29.3 Å². The second-order valence-corrected chi connectivity index (χ2v) is 6.40. The molecule has 0 bridgehead atoms. The number of amides is 2. The average molecular weight is 350 g/mol. The molecule has 0 saturated carbocycles. The van der Waals surface area contributed by atoms with Gasteiger partial charge in [-0.1, -0.05) is 18.2 Å². The molecule has 2 amide bonds. The van der Waals surface area contributed by atoms with Crippen molar-refractivity contribution in [1.29, 1.82) is 0 Å². The molecule has 1 unspecified atom stereocenters. The molecule has 4 rings (SSSR count). The molecule has 2 aromatic heterocycles. The third kappa shape index (κ3) is 2.77. The smallest absolute Gasteiger partial charge is 0.322 e. The van der Waals surface area contributed by atoms with E-state index in [0.717, 1.165) is 17.6 Å². The number of aromatic amines is 1. The van der Waals surface area contributed by atoms with Crippen molar-refractivity contribution in [2.24, 2.45) is 0 Å². The maximum absolute atomic E-state index is 12.9. The molecule has 1 aromatic carbocycles. The molecule has 2 N–H and O–H groups in total. The first kappa shape index (κ1) is 16.4. The van der Waals surface area contributed by atoms with Crippen LogP contribution >= 0.6 is 0 Å². The van der Waals surface area contributed by atoms with Gasteiger partial charge in [-0.15, -0.1) is 0 Å². The molecule has 134 valence electrons. The number of nitrogens with zero attached hydrogens (tertiary/aromatic N) is 2. The van der Waals surface area contributed by atoms with E-state index in [0.29, 0.717) is 24.7 Å². The summed E-state index contributed by atoms with van der Waals surface area (Å²) in [5.74, 6) is 0.444. The zero-order valence-corrected chi connectivity index (χ0v) is 15.0. The summed E-state index contributed by atoms with van der Waals surface area (Å²) in [6.07, 6.45) is 2.49. The van der Waals surface area contributed by atoms with Crippen molar-refractivity contribution >= 4 is 22.6 Å². The number of fused-ring (bicyclic) bond motifs is 3. The maximum Gasteiger partial charge on any atom is 0.322 e. The molecule has 0 radical (unpaired) electrons. The highest BCUT2D eigenvalue weighted by atomic mass is 16.5. The fraction of sp³-hybridized carbons (Fsp3) is 0.300. The predicted octanol–water partition coefficient (Wildman–Crippen LogP) is 4.11. The quantitative estimate of drug-likeness (QED) is 0.747. The number of H-pyrrole nitrogens is 1. The number of pyridine rings is 1. The van der Waals surface area contributed by atoms with Gasteiger partial charge in [-0.25, -0.2) is 9.78 Å². The number of nitrogens with one attached hydrogen (secondary N) is 2. The number of rotatable bonds is 3. The number of ether oxygens (including phenoxy) is 1. The van der Waals surface area contributed by atoms with Crippen LogP contribution in [0.5, 0.6) is 5.88 Å². The molecule has 26 heavy (non-hydrogen) atoms. The first-order valence-electron chi connectivity index (χ1n) is 8.94. The van der Waals surface area contributed by atoms with Crippen LogP contribution in [0.3, 0.4) is 0 Å². The van der Waals surface area contributed by atoms with E-state index in [9.17, 15) is 4.79 Å². The molecule has 6 heteroatoms. The van der Waals surface area contributed by atoms with Crippen molar-refractivity contribution < 1.29 is 9.53 Å². The lowest BCUT2D eigenvalue weighted by atomic mass is 9.98. The number of hydrogen-bond donors (Lipinski definition) is 2. The van der Waals surface area contributed by atoms with E-state index >= 15 is 0 Å². The van der Waals surface area contributed by atoms with E-state index in [-0.39, 0.29) is 12.1 Å². The van der Waals surface area contributed by atoms with Gasteiger partial charge in [0.05, 0.1) is 12.6 Å². The van der Waals surface area contributed by atoms with Gasteiger partial charge in [-0.2, -0.15) is 0 Å². The van der Waals surface area contributed by atoms with E-state index in [2.05, 4.69) is 40.4 Å². The summed E-state index contributed by atoms with van der Waals surface area (Å²) in [6.45, 7) is 5.12. The second-order valence-electron chi connectivity index (χ2n) is 6.40. The minimum absolute atomic E-state index is 0.0293. The molecule has 0 aliphatic carbocycles. The van der Waals surface area contributed by atoms with Crippen molar-refractivity contribution in [3.05, 3.63) is 53.9 Å². The highest BCUT2D eigenvalue weighted by Crippen LogP contribution is 2.34. The summed E-state index contributed by atoms with van der Waals surface area (Å²) >= 11 is 0. The van der Waals surface area contributed by atoms with E-state index in [1.165, 1.54) is 10.9 Å². The van der Waals surface area contributed by atoms with Crippen LogP contribution in [0, 0.1) is 0 Å². The number of carbonyl (C=O) groups is 1. The monoisotopic (exact) mass is 350 g/mol. The summed E-state index contributed by atoms with van der Waals surface area (Å²) in [6, 6.07) is 11.7. The molecular weight excluding hydrogens is 328 g/mol. The average Bonchev–Trinajstić information content (AvgIpc) is 3.03. The fourth-order valence-corrected chi connectivity index (χ4v) is 3.63. The van der Waals surface area contributed by atoms with Crippen LogP contribution in [0.4, 0.5) is 10.5 Å². The Kier molecular flexibility index (Phi) is 4.24. The van der Waals surface area contributed by atoms with Gasteiger partial charge in [0.1, 0.15) is 5.69 Å². The van der Waals surface area contributed by atoms with Crippen molar-refractivity contribution in [2.75, 3.05) is 18.5 Å². The van der Waals surface area contributed by atoms with Crippen molar-refractivity contribution in [2.45, 2.75) is 26.3 Å². The number of hydrogen-bond acceptors (Lipinski definition) is 3. The summed E-state index contributed by atoms with van der Waals surface area (Å²) in [4.78, 5) is 22.4. The molecule has 0 fully saturated rings. The largest absolute Gasteiger partial charge is 0.476 e. The van der Waals surface area contributed by atoms with Crippen LogP contribution in [0.15, 0.2) is 42.6 Å². The van der Waals surface area contributed by atoms with Crippen LogP contribution in [0.1, 0.15) is 31.1 Å². The lowest BCUT2D eigenvalue weighted by molar-refractivity contribution is 0.187. The lowest BCUT2D eigenvalue weighted by Gasteiger charge is -2.33. The minimum atomic E-state index is -0.143. The Labute approximate surface area is 152 Å². The third-order valence-corrected chi connectivity index (χ3v) is 4.89. The minimum Gasteiger partial charge on any atom is -0.476 e. The molecule has 3 heterocycles.